The molecule has 96 valence electrons. The summed E-state index contributed by atoms with van der Waals surface area (Å²) in [6, 6.07) is 8.85. The van der Waals surface area contributed by atoms with Crippen molar-refractivity contribution in [3.8, 4) is 6.07 Å². The summed E-state index contributed by atoms with van der Waals surface area (Å²) in [6.45, 7) is 3.39. The summed E-state index contributed by atoms with van der Waals surface area (Å²) < 4.78 is 0. The highest BCUT2D eigenvalue weighted by Gasteiger charge is 2.17. The van der Waals surface area contributed by atoms with Crippen LogP contribution in [-0.4, -0.2) is 12.6 Å². The van der Waals surface area contributed by atoms with Gasteiger partial charge >= 0.3 is 0 Å². The minimum Gasteiger partial charge on any atom is -0.398 e. The molecule has 1 saturated heterocycles. The van der Waals surface area contributed by atoms with Gasteiger partial charge in [-0.1, -0.05) is 12.8 Å². The number of anilines is 2. The smallest absolute Gasteiger partial charge is 0.0670 e. The van der Waals surface area contributed by atoms with Crippen molar-refractivity contribution in [1.82, 2.24) is 0 Å². The standard InChI is InChI=1S/C15H21N3/c1-12-5-3-2-4-10-18(12)14-6-7-15(17)13(11-14)8-9-16/h6-7,11-12H,2-5,8,10,17H2,1H3. The summed E-state index contributed by atoms with van der Waals surface area (Å²) in [5.41, 5.74) is 8.79. The highest BCUT2D eigenvalue weighted by Crippen LogP contribution is 2.27. The van der Waals surface area contributed by atoms with Gasteiger partial charge in [-0.25, -0.2) is 0 Å². The average molecular weight is 243 g/mol. The van der Waals surface area contributed by atoms with Gasteiger partial charge in [-0.2, -0.15) is 5.26 Å². The third-order valence-corrected chi connectivity index (χ3v) is 3.78. The van der Waals surface area contributed by atoms with Gasteiger partial charge in [0, 0.05) is 24.0 Å². The lowest BCUT2D eigenvalue weighted by atomic mass is 10.1. The Morgan fingerprint density at radius 3 is 3.00 bits per heavy atom. The summed E-state index contributed by atoms with van der Waals surface area (Å²) in [4.78, 5) is 2.45. The molecule has 2 N–H and O–H groups in total. The van der Waals surface area contributed by atoms with Crippen molar-refractivity contribution in [2.45, 2.75) is 45.1 Å². The van der Waals surface area contributed by atoms with E-state index in [4.69, 9.17) is 11.0 Å². The number of rotatable bonds is 2. The van der Waals surface area contributed by atoms with Crippen LogP contribution in [0.15, 0.2) is 18.2 Å². The number of nitrogen functional groups attached to an aromatic ring is 1. The Hall–Kier alpha value is -1.69. The molecular weight excluding hydrogens is 222 g/mol. The molecule has 0 aliphatic carbocycles. The first-order chi connectivity index (χ1) is 8.72. The second-order valence-electron chi connectivity index (χ2n) is 5.11. The molecule has 1 heterocycles. The van der Waals surface area contributed by atoms with Gasteiger partial charge < -0.3 is 10.6 Å². The van der Waals surface area contributed by atoms with Crippen LogP contribution in [0.1, 0.15) is 38.2 Å². The number of hydrogen-bond donors (Lipinski definition) is 1. The second-order valence-corrected chi connectivity index (χ2v) is 5.11. The van der Waals surface area contributed by atoms with Crippen molar-refractivity contribution in [3.63, 3.8) is 0 Å². The molecule has 0 radical (unpaired) electrons. The number of nitriles is 1. The van der Waals surface area contributed by atoms with Gasteiger partial charge in [0.2, 0.25) is 0 Å². The highest BCUT2D eigenvalue weighted by molar-refractivity contribution is 5.59. The molecule has 1 aliphatic rings. The fourth-order valence-corrected chi connectivity index (χ4v) is 2.67. The summed E-state index contributed by atoms with van der Waals surface area (Å²) in [5, 5.41) is 8.82. The van der Waals surface area contributed by atoms with Crippen molar-refractivity contribution in [1.29, 1.82) is 5.26 Å². The Morgan fingerprint density at radius 2 is 2.22 bits per heavy atom. The maximum Gasteiger partial charge on any atom is 0.0670 e. The maximum absolute atomic E-state index is 8.82. The van der Waals surface area contributed by atoms with Gasteiger partial charge in [-0.05, 0) is 43.5 Å². The minimum atomic E-state index is 0.391. The molecule has 1 aromatic carbocycles. The van der Waals surface area contributed by atoms with Gasteiger partial charge in [-0.3, -0.25) is 0 Å². The van der Waals surface area contributed by atoms with Crippen LogP contribution in [-0.2, 0) is 6.42 Å². The Kier molecular flexibility index (Phi) is 4.09. The molecule has 0 aromatic heterocycles. The van der Waals surface area contributed by atoms with Crippen LogP contribution in [0.2, 0.25) is 0 Å². The van der Waals surface area contributed by atoms with E-state index < -0.39 is 0 Å². The van der Waals surface area contributed by atoms with Crippen LogP contribution in [0.4, 0.5) is 11.4 Å². The molecule has 1 aromatic rings. The fourth-order valence-electron chi connectivity index (χ4n) is 2.67. The Bertz CT molecular complexity index is 448. The summed E-state index contributed by atoms with van der Waals surface area (Å²) in [7, 11) is 0. The third kappa shape index (κ3) is 2.76. The molecule has 1 atom stereocenters. The van der Waals surface area contributed by atoms with E-state index in [2.05, 4.69) is 30.0 Å². The predicted molar refractivity (Wildman–Crippen MR) is 75.4 cm³/mol. The lowest BCUT2D eigenvalue weighted by Gasteiger charge is -2.30. The maximum atomic E-state index is 8.82. The van der Waals surface area contributed by atoms with Crippen molar-refractivity contribution >= 4 is 11.4 Å². The van der Waals surface area contributed by atoms with Gasteiger partial charge in [0.25, 0.3) is 0 Å². The normalized spacial score (nSPS) is 20.2. The summed E-state index contributed by atoms with van der Waals surface area (Å²) in [5.74, 6) is 0. The summed E-state index contributed by atoms with van der Waals surface area (Å²) in [6.07, 6.45) is 5.53. The average Bonchev–Trinajstić information content (AvgIpc) is 2.57. The molecule has 1 fully saturated rings. The van der Waals surface area contributed by atoms with Gasteiger partial charge in [-0.15, -0.1) is 0 Å². The van der Waals surface area contributed by atoms with E-state index >= 15 is 0 Å². The Balaban J connectivity index is 2.26. The van der Waals surface area contributed by atoms with E-state index in [-0.39, 0.29) is 0 Å². The van der Waals surface area contributed by atoms with Gasteiger partial charge in [0.05, 0.1) is 12.5 Å². The number of hydrogen-bond acceptors (Lipinski definition) is 3. The molecular formula is C15H21N3. The minimum absolute atomic E-state index is 0.391. The van der Waals surface area contributed by atoms with E-state index in [1.807, 2.05) is 6.07 Å². The van der Waals surface area contributed by atoms with Crippen LogP contribution in [0, 0.1) is 11.3 Å². The third-order valence-electron chi connectivity index (χ3n) is 3.78. The Labute approximate surface area is 109 Å². The molecule has 0 saturated carbocycles. The Morgan fingerprint density at radius 1 is 1.39 bits per heavy atom. The van der Waals surface area contributed by atoms with Crippen molar-refractivity contribution in [3.05, 3.63) is 23.8 Å². The lowest BCUT2D eigenvalue weighted by Crippen LogP contribution is -2.32. The molecule has 0 amide bonds. The molecule has 3 heteroatoms. The topological polar surface area (TPSA) is 53.0 Å². The van der Waals surface area contributed by atoms with E-state index in [0.717, 1.165) is 17.8 Å². The van der Waals surface area contributed by atoms with E-state index in [1.54, 1.807) is 0 Å². The van der Waals surface area contributed by atoms with E-state index in [9.17, 15) is 0 Å². The molecule has 3 nitrogen and oxygen atoms in total. The molecule has 0 bridgehead atoms. The summed E-state index contributed by atoms with van der Waals surface area (Å²) >= 11 is 0. The van der Waals surface area contributed by atoms with Crippen LogP contribution in [0.5, 0.6) is 0 Å². The number of nitrogens with two attached hydrogens (primary N) is 1. The van der Waals surface area contributed by atoms with Crippen molar-refractivity contribution in [2.24, 2.45) is 0 Å². The fraction of sp³-hybridized carbons (Fsp3) is 0.533. The first-order valence-corrected chi connectivity index (χ1v) is 6.74. The van der Waals surface area contributed by atoms with Crippen LogP contribution >= 0.6 is 0 Å². The van der Waals surface area contributed by atoms with Crippen LogP contribution in [0.25, 0.3) is 0 Å². The molecule has 1 unspecified atom stereocenters. The SMILES string of the molecule is CC1CCCCCN1c1ccc(N)c(CC#N)c1. The van der Waals surface area contributed by atoms with Gasteiger partial charge in [0.15, 0.2) is 0 Å². The van der Waals surface area contributed by atoms with E-state index in [0.29, 0.717) is 12.5 Å². The molecule has 0 spiro atoms. The zero-order valence-corrected chi connectivity index (χ0v) is 11.0. The van der Waals surface area contributed by atoms with Crippen LogP contribution < -0.4 is 10.6 Å². The molecule has 18 heavy (non-hydrogen) atoms. The lowest BCUT2D eigenvalue weighted by molar-refractivity contribution is 0.616. The molecule has 2 rings (SSSR count). The number of nitrogens with zero attached hydrogens (tertiary/aromatic N) is 2. The zero-order valence-electron chi connectivity index (χ0n) is 11.0. The first-order valence-electron chi connectivity index (χ1n) is 6.74. The van der Waals surface area contributed by atoms with E-state index in [1.165, 1.54) is 31.4 Å². The van der Waals surface area contributed by atoms with Gasteiger partial charge in [0.1, 0.15) is 0 Å². The number of benzene rings is 1. The van der Waals surface area contributed by atoms with Crippen molar-refractivity contribution < 1.29 is 0 Å². The predicted octanol–water partition coefficient (Wildman–Crippen LogP) is 3.10. The first kappa shape index (κ1) is 12.8. The van der Waals surface area contributed by atoms with Crippen LogP contribution in [0.3, 0.4) is 0 Å². The quantitative estimate of drug-likeness (QED) is 0.812. The largest absolute Gasteiger partial charge is 0.398 e. The van der Waals surface area contributed by atoms with Crippen molar-refractivity contribution in [2.75, 3.05) is 17.2 Å². The highest BCUT2D eigenvalue weighted by atomic mass is 15.2. The second kappa shape index (κ2) is 5.77. The zero-order chi connectivity index (χ0) is 13.0. The molecule has 1 aliphatic heterocycles. The monoisotopic (exact) mass is 243 g/mol.